The second-order valence-electron chi connectivity index (χ2n) is 5.56. The Balaban J connectivity index is 2.36. The van der Waals surface area contributed by atoms with Gasteiger partial charge in [0.2, 0.25) is 10.0 Å². The highest BCUT2D eigenvalue weighted by molar-refractivity contribution is 7.89. The van der Waals surface area contributed by atoms with Crippen LogP contribution in [0.4, 0.5) is 0 Å². The van der Waals surface area contributed by atoms with Crippen molar-refractivity contribution < 1.29 is 8.42 Å². The first-order valence-electron chi connectivity index (χ1n) is 6.86. The number of hydrogen-bond acceptors (Lipinski definition) is 3. The normalized spacial score (nSPS) is 24.8. The molecule has 0 bridgehead atoms. The van der Waals surface area contributed by atoms with E-state index in [1.807, 2.05) is 6.92 Å². The molecule has 2 N–H and O–H groups in total. The molecule has 1 fully saturated rings. The minimum Gasteiger partial charge on any atom is -0.326 e. The van der Waals surface area contributed by atoms with E-state index in [9.17, 15) is 8.42 Å². The highest BCUT2D eigenvalue weighted by Crippen LogP contribution is 2.29. The van der Waals surface area contributed by atoms with Crippen molar-refractivity contribution in [2.24, 2.45) is 11.7 Å². The first-order valence-corrected chi connectivity index (χ1v) is 8.68. The Bertz CT molecular complexity index is 589. The third-order valence-corrected chi connectivity index (χ3v) is 6.24. The zero-order valence-electron chi connectivity index (χ0n) is 11.8. The minimum absolute atomic E-state index is 0.0316. The Labute approximate surface area is 126 Å². The second-order valence-corrected chi connectivity index (χ2v) is 7.86. The lowest BCUT2D eigenvalue weighted by Crippen LogP contribution is -2.44. The van der Waals surface area contributed by atoms with E-state index < -0.39 is 10.0 Å². The highest BCUT2D eigenvalue weighted by Gasteiger charge is 2.33. The fraction of sp³-hybridized carbons (Fsp3) is 0.571. The highest BCUT2D eigenvalue weighted by atomic mass is 35.5. The SMILES string of the molecule is CC1CCC(C)N(S(=O)(=O)c2ccc(CN)c(Cl)c2)C1. The monoisotopic (exact) mass is 316 g/mol. The standard InChI is InChI=1S/C14H21ClN2O2S/c1-10-3-4-11(2)17(9-10)20(18,19)13-6-5-12(8-16)14(15)7-13/h5-7,10-11H,3-4,8-9,16H2,1-2H3. The van der Waals surface area contributed by atoms with Crippen LogP contribution in [0.15, 0.2) is 23.1 Å². The van der Waals surface area contributed by atoms with Gasteiger partial charge in [-0.05, 0) is 43.4 Å². The van der Waals surface area contributed by atoms with Gasteiger partial charge in [0.05, 0.1) is 4.90 Å². The molecule has 1 saturated heterocycles. The van der Waals surface area contributed by atoms with Crippen molar-refractivity contribution in [2.75, 3.05) is 6.54 Å². The molecular formula is C14H21ClN2O2S. The van der Waals surface area contributed by atoms with Crippen LogP contribution in [0, 0.1) is 5.92 Å². The van der Waals surface area contributed by atoms with Gasteiger partial charge in [0.15, 0.2) is 0 Å². The molecule has 2 unspecified atom stereocenters. The van der Waals surface area contributed by atoms with E-state index in [4.69, 9.17) is 17.3 Å². The summed E-state index contributed by atoms with van der Waals surface area (Å²) in [5.74, 6) is 0.389. The van der Waals surface area contributed by atoms with Crippen LogP contribution < -0.4 is 5.73 Å². The Hall–Kier alpha value is -0.620. The molecule has 0 radical (unpaired) electrons. The predicted molar refractivity (Wildman–Crippen MR) is 81.1 cm³/mol. The topological polar surface area (TPSA) is 63.4 Å². The summed E-state index contributed by atoms with van der Waals surface area (Å²) in [6.45, 7) is 4.91. The molecule has 20 heavy (non-hydrogen) atoms. The minimum atomic E-state index is -3.48. The summed E-state index contributed by atoms with van der Waals surface area (Å²) in [6.07, 6.45) is 1.97. The quantitative estimate of drug-likeness (QED) is 0.932. The summed E-state index contributed by atoms with van der Waals surface area (Å²) < 4.78 is 27.1. The van der Waals surface area contributed by atoms with E-state index >= 15 is 0 Å². The fourth-order valence-corrected chi connectivity index (χ4v) is 4.70. The first kappa shape index (κ1) is 15.8. The van der Waals surface area contributed by atoms with Crippen molar-refractivity contribution in [3.05, 3.63) is 28.8 Å². The molecule has 4 nitrogen and oxygen atoms in total. The predicted octanol–water partition coefficient (Wildman–Crippen LogP) is 2.61. The summed E-state index contributed by atoms with van der Waals surface area (Å²) in [5, 5.41) is 0.409. The zero-order valence-corrected chi connectivity index (χ0v) is 13.4. The van der Waals surface area contributed by atoms with Crippen molar-refractivity contribution in [1.82, 2.24) is 4.31 Å². The van der Waals surface area contributed by atoms with Gasteiger partial charge in [-0.25, -0.2) is 8.42 Å². The average molecular weight is 317 g/mol. The van der Waals surface area contributed by atoms with Gasteiger partial charge in [0, 0.05) is 24.2 Å². The number of benzene rings is 1. The number of halogens is 1. The zero-order chi connectivity index (χ0) is 14.9. The van der Waals surface area contributed by atoms with Crippen LogP contribution in [0.5, 0.6) is 0 Å². The molecule has 0 saturated carbocycles. The summed E-state index contributed by atoms with van der Waals surface area (Å²) in [4.78, 5) is 0.251. The van der Waals surface area contributed by atoms with Gasteiger partial charge in [0.1, 0.15) is 0 Å². The molecule has 2 atom stereocenters. The van der Waals surface area contributed by atoms with E-state index in [-0.39, 0.29) is 10.9 Å². The average Bonchev–Trinajstić information content (AvgIpc) is 2.41. The molecule has 1 heterocycles. The van der Waals surface area contributed by atoms with Gasteiger partial charge in [-0.3, -0.25) is 0 Å². The van der Waals surface area contributed by atoms with Gasteiger partial charge in [-0.1, -0.05) is 24.6 Å². The third-order valence-electron chi connectivity index (χ3n) is 3.91. The molecule has 6 heteroatoms. The molecule has 1 aromatic carbocycles. The molecule has 1 aliphatic rings. The first-order chi connectivity index (χ1) is 9.36. The number of hydrogen-bond donors (Lipinski definition) is 1. The maximum absolute atomic E-state index is 12.7. The lowest BCUT2D eigenvalue weighted by molar-refractivity contribution is 0.218. The number of nitrogens with zero attached hydrogens (tertiary/aromatic N) is 1. The number of nitrogens with two attached hydrogens (primary N) is 1. The second kappa shape index (κ2) is 6.02. The lowest BCUT2D eigenvalue weighted by atomic mass is 9.97. The van der Waals surface area contributed by atoms with Crippen LogP contribution in [-0.2, 0) is 16.6 Å². The third kappa shape index (κ3) is 3.01. The Morgan fingerprint density at radius 3 is 2.65 bits per heavy atom. The summed E-state index contributed by atoms with van der Waals surface area (Å²) in [6, 6.07) is 4.82. The van der Waals surface area contributed by atoms with Crippen molar-refractivity contribution in [3.63, 3.8) is 0 Å². The van der Waals surface area contributed by atoms with Crippen molar-refractivity contribution in [1.29, 1.82) is 0 Å². The molecular weight excluding hydrogens is 296 g/mol. The van der Waals surface area contributed by atoms with Crippen LogP contribution in [0.3, 0.4) is 0 Å². The van der Waals surface area contributed by atoms with Crippen molar-refractivity contribution >= 4 is 21.6 Å². The molecule has 0 aromatic heterocycles. The molecule has 0 spiro atoms. The van der Waals surface area contributed by atoms with Crippen LogP contribution in [0.1, 0.15) is 32.3 Å². The summed E-state index contributed by atoms with van der Waals surface area (Å²) >= 11 is 6.08. The maximum atomic E-state index is 12.7. The number of piperidine rings is 1. The van der Waals surface area contributed by atoms with Gasteiger partial charge in [-0.15, -0.1) is 0 Å². The summed E-state index contributed by atoms with van der Waals surface area (Å²) in [5.41, 5.74) is 6.30. The number of sulfonamides is 1. The van der Waals surface area contributed by atoms with Gasteiger partial charge >= 0.3 is 0 Å². The fourth-order valence-electron chi connectivity index (χ4n) is 2.57. The Morgan fingerprint density at radius 1 is 1.35 bits per heavy atom. The van der Waals surface area contributed by atoms with E-state index in [1.54, 1.807) is 16.4 Å². The molecule has 0 aliphatic carbocycles. The van der Waals surface area contributed by atoms with Crippen LogP contribution in [0.25, 0.3) is 0 Å². The van der Waals surface area contributed by atoms with Crippen LogP contribution in [-0.4, -0.2) is 25.3 Å². The van der Waals surface area contributed by atoms with Crippen LogP contribution >= 0.6 is 11.6 Å². The van der Waals surface area contributed by atoms with Crippen molar-refractivity contribution in [3.8, 4) is 0 Å². The van der Waals surface area contributed by atoms with Gasteiger partial charge in [-0.2, -0.15) is 4.31 Å². The molecule has 112 valence electrons. The van der Waals surface area contributed by atoms with E-state index in [2.05, 4.69) is 6.92 Å². The van der Waals surface area contributed by atoms with E-state index in [0.717, 1.165) is 18.4 Å². The van der Waals surface area contributed by atoms with Crippen molar-refractivity contribution in [2.45, 2.75) is 44.2 Å². The smallest absolute Gasteiger partial charge is 0.243 e. The Kier molecular flexibility index (Phi) is 4.74. The lowest BCUT2D eigenvalue weighted by Gasteiger charge is -2.35. The van der Waals surface area contributed by atoms with Crippen LogP contribution in [0.2, 0.25) is 5.02 Å². The van der Waals surface area contributed by atoms with E-state index in [1.165, 1.54) is 6.07 Å². The van der Waals surface area contributed by atoms with Gasteiger partial charge in [0.25, 0.3) is 0 Å². The van der Waals surface area contributed by atoms with Gasteiger partial charge < -0.3 is 5.73 Å². The number of rotatable bonds is 3. The Morgan fingerprint density at radius 2 is 2.05 bits per heavy atom. The molecule has 0 amide bonds. The molecule has 1 aliphatic heterocycles. The molecule has 2 rings (SSSR count). The summed E-state index contributed by atoms with van der Waals surface area (Å²) in [7, 11) is -3.48. The maximum Gasteiger partial charge on any atom is 0.243 e. The van der Waals surface area contributed by atoms with E-state index in [0.29, 0.717) is 24.0 Å². The molecule has 1 aromatic rings. The largest absolute Gasteiger partial charge is 0.326 e.